The van der Waals surface area contributed by atoms with E-state index in [-0.39, 0.29) is 0 Å². The fourth-order valence-corrected chi connectivity index (χ4v) is 3.48. The van der Waals surface area contributed by atoms with Gasteiger partial charge in [-0.25, -0.2) is 9.59 Å². The predicted molar refractivity (Wildman–Crippen MR) is 62.0 cm³/mol. The number of isocyanates is 2. The third-order valence-corrected chi connectivity index (χ3v) is 4.47. The maximum Gasteiger partial charge on any atom is 0.235 e. The lowest BCUT2D eigenvalue weighted by Gasteiger charge is -1.90. The minimum absolute atomic E-state index is 0.389. The van der Waals surface area contributed by atoms with E-state index in [0.717, 1.165) is 8.42 Å². The van der Waals surface area contributed by atoms with Crippen LogP contribution in [0.5, 0.6) is 0 Å². The van der Waals surface area contributed by atoms with E-state index in [0.29, 0.717) is 11.8 Å². The Morgan fingerprint density at radius 3 is 1.93 bits per heavy atom. The van der Waals surface area contributed by atoms with Gasteiger partial charge in [-0.1, -0.05) is 23.5 Å². The summed E-state index contributed by atoms with van der Waals surface area (Å²) in [5.41, 5.74) is 0. The van der Waals surface area contributed by atoms with Gasteiger partial charge in [0, 0.05) is 0 Å². The van der Waals surface area contributed by atoms with E-state index in [1.807, 2.05) is 12.1 Å². The molecule has 0 unspecified atom stereocenters. The van der Waals surface area contributed by atoms with E-state index < -0.39 is 0 Å². The average Bonchev–Trinajstić information content (AvgIpc) is 2.67. The van der Waals surface area contributed by atoms with Crippen LogP contribution < -0.4 is 0 Å². The Morgan fingerprint density at radius 2 is 1.53 bits per heavy atom. The lowest BCUT2D eigenvalue weighted by atomic mass is 10.7. The van der Waals surface area contributed by atoms with E-state index >= 15 is 0 Å². The fourth-order valence-electron chi connectivity index (χ4n) is 0.703. The van der Waals surface area contributed by atoms with Crippen molar-refractivity contribution in [2.45, 2.75) is 8.42 Å². The largest absolute Gasteiger partial charge is 0.235 e. The van der Waals surface area contributed by atoms with E-state index in [9.17, 15) is 9.59 Å². The smallest absolute Gasteiger partial charge is 0.211 e. The highest BCUT2D eigenvalue weighted by molar-refractivity contribution is 8.03. The van der Waals surface area contributed by atoms with Crippen molar-refractivity contribution in [2.75, 3.05) is 11.8 Å². The number of hydrogen-bond donors (Lipinski definition) is 0. The molecule has 0 N–H and O–H groups in total. The molecule has 7 heteroatoms. The van der Waals surface area contributed by atoms with Crippen molar-refractivity contribution in [1.29, 1.82) is 0 Å². The van der Waals surface area contributed by atoms with Gasteiger partial charge in [-0.3, -0.25) is 0 Å². The first-order chi connectivity index (χ1) is 7.36. The highest BCUT2D eigenvalue weighted by Gasteiger charge is 2.00. The molecule has 0 aromatic carbocycles. The highest BCUT2D eigenvalue weighted by atomic mass is 32.2. The van der Waals surface area contributed by atoms with Crippen molar-refractivity contribution >= 4 is 47.0 Å². The number of nitrogens with zero attached hydrogens (tertiary/aromatic N) is 2. The minimum Gasteiger partial charge on any atom is -0.211 e. The van der Waals surface area contributed by atoms with Crippen LogP contribution in [-0.2, 0) is 9.59 Å². The number of aliphatic imine (C=N–C) groups is 2. The van der Waals surface area contributed by atoms with E-state index in [1.165, 1.54) is 35.7 Å². The summed E-state index contributed by atoms with van der Waals surface area (Å²) < 4.78 is 2.15. The molecule has 78 valence electrons. The van der Waals surface area contributed by atoms with Gasteiger partial charge in [-0.15, -0.1) is 11.3 Å². The van der Waals surface area contributed by atoms with Gasteiger partial charge in [0.05, 0.1) is 8.42 Å². The summed E-state index contributed by atoms with van der Waals surface area (Å²) >= 11 is 4.53. The molecule has 0 fully saturated rings. The summed E-state index contributed by atoms with van der Waals surface area (Å²) in [6.45, 7) is 0. The molecule has 0 spiro atoms. The van der Waals surface area contributed by atoms with Crippen molar-refractivity contribution in [3.8, 4) is 0 Å². The number of carbonyl (C=O) groups excluding carboxylic acids is 2. The van der Waals surface area contributed by atoms with Gasteiger partial charge in [0.2, 0.25) is 12.2 Å². The third kappa shape index (κ3) is 4.97. The zero-order valence-corrected chi connectivity index (χ0v) is 9.95. The average molecular weight is 258 g/mol. The van der Waals surface area contributed by atoms with E-state index in [1.54, 1.807) is 11.3 Å². The Bertz CT molecular complexity index is 369. The Balaban J connectivity index is 2.41. The van der Waals surface area contributed by atoms with Crippen LogP contribution in [0.1, 0.15) is 0 Å². The molecule has 0 saturated heterocycles. The number of thiophene rings is 1. The number of rotatable bonds is 6. The second-order valence-electron chi connectivity index (χ2n) is 2.12. The van der Waals surface area contributed by atoms with Crippen LogP contribution in [0.3, 0.4) is 0 Å². The van der Waals surface area contributed by atoms with Gasteiger partial charge in [0.25, 0.3) is 0 Å². The maximum absolute atomic E-state index is 9.82. The van der Waals surface area contributed by atoms with Crippen LogP contribution in [0, 0.1) is 0 Å². The van der Waals surface area contributed by atoms with Gasteiger partial charge in [-0.2, -0.15) is 9.98 Å². The Labute approximate surface area is 98.9 Å². The topological polar surface area (TPSA) is 58.9 Å². The second kappa shape index (κ2) is 7.45. The summed E-state index contributed by atoms with van der Waals surface area (Å²) in [5.74, 6) is 0.779. The molecule has 4 nitrogen and oxygen atoms in total. The molecule has 0 saturated carbocycles. The molecule has 0 aliphatic heterocycles. The monoisotopic (exact) mass is 258 g/mol. The summed E-state index contributed by atoms with van der Waals surface area (Å²) in [5, 5.41) is 0. The molecule has 1 aromatic rings. The van der Waals surface area contributed by atoms with Crippen molar-refractivity contribution in [2.24, 2.45) is 9.98 Å². The molecule has 0 aliphatic rings. The third-order valence-electron chi connectivity index (χ3n) is 1.23. The number of thioether (sulfide) groups is 2. The van der Waals surface area contributed by atoms with Gasteiger partial charge >= 0.3 is 0 Å². The molecule has 0 atom stereocenters. The standard InChI is InChI=1S/C8H6N2O2S3/c11-3-9-5-13-7-1-2-8(15-7)14-6-10-4-12/h1-2H,5-6H2. The first kappa shape index (κ1) is 12.2. The summed E-state index contributed by atoms with van der Waals surface area (Å²) in [4.78, 5) is 26.5. The van der Waals surface area contributed by atoms with Crippen LogP contribution >= 0.6 is 34.9 Å². The molecule has 0 bridgehead atoms. The van der Waals surface area contributed by atoms with Crippen molar-refractivity contribution in [3.63, 3.8) is 0 Å². The lowest BCUT2D eigenvalue weighted by molar-refractivity contribution is 0.563. The fraction of sp³-hybridized carbons (Fsp3) is 0.250. The Hall–Kier alpha value is -0.840. The zero-order chi connectivity index (χ0) is 10.9. The first-order valence-electron chi connectivity index (χ1n) is 3.79. The van der Waals surface area contributed by atoms with Crippen LogP contribution in [0.2, 0.25) is 0 Å². The van der Waals surface area contributed by atoms with Gasteiger partial charge in [-0.05, 0) is 12.1 Å². The van der Waals surface area contributed by atoms with Crippen LogP contribution in [0.25, 0.3) is 0 Å². The molecule has 0 aliphatic carbocycles. The normalized spacial score (nSPS) is 9.07. The molecule has 1 heterocycles. The van der Waals surface area contributed by atoms with Crippen LogP contribution in [0.4, 0.5) is 0 Å². The molecule has 1 rings (SSSR count). The molecular weight excluding hydrogens is 252 g/mol. The van der Waals surface area contributed by atoms with Crippen LogP contribution in [-0.4, -0.2) is 23.9 Å². The molecule has 1 aromatic heterocycles. The second-order valence-corrected chi connectivity index (χ2v) is 5.69. The molecular formula is C8H6N2O2S3. The SMILES string of the molecule is O=C=NCSc1ccc(SCN=C=O)s1. The summed E-state index contributed by atoms with van der Waals surface area (Å²) in [6, 6.07) is 3.89. The van der Waals surface area contributed by atoms with Gasteiger partial charge < -0.3 is 0 Å². The van der Waals surface area contributed by atoms with Crippen LogP contribution in [0.15, 0.2) is 30.5 Å². The van der Waals surface area contributed by atoms with E-state index in [2.05, 4.69) is 9.98 Å². The van der Waals surface area contributed by atoms with Crippen molar-refractivity contribution in [3.05, 3.63) is 12.1 Å². The maximum atomic E-state index is 9.82. The Kier molecular flexibility index (Phi) is 6.08. The van der Waals surface area contributed by atoms with E-state index in [4.69, 9.17) is 0 Å². The predicted octanol–water partition coefficient (Wildman–Crippen LogP) is 2.52. The highest BCUT2D eigenvalue weighted by Crippen LogP contribution is 2.33. The van der Waals surface area contributed by atoms with Gasteiger partial charge in [0.15, 0.2) is 0 Å². The summed E-state index contributed by atoms with van der Waals surface area (Å²) in [6.07, 6.45) is 2.96. The minimum atomic E-state index is 0.389. The first-order valence-corrected chi connectivity index (χ1v) is 6.58. The molecule has 0 radical (unpaired) electrons. The van der Waals surface area contributed by atoms with Crippen molar-refractivity contribution < 1.29 is 9.59 Å². The Morgan fingerprint density at radius 1 is 1.07 bits per heavy atom. The summed E-state index contributed by atoms with van der Waals surface area (Å²) in [7, 11) is 0. The lowest BCUT2D eigenvalue weighted by Crippen LogP contribution is -1.67. The number of hydrogen-bond acceptors (Lipinski definition) is 7. The van der Waals surface area contributed by atoms with Gasteiger partial charge in [0.1, 0.15) is 11.8 Å². The van der Waals surface area contributed by atoms with Crippen molar-refractivity contribution in [1.82, 2.24) is 0 Å². The molecule has 15 heavy (non-hydrogen) atoms. The quantitative estimate of drug-likeness (QED) is 0.447. The molecule has 0 amide bonds. The zero-order valence-electron chi connectivity index (χ0n) is 7.50.